The zero-order valence-electron chi connectivity index (χ0n) is 19.4. The first kappa shape index (κ1) is 20.0. The molecular weight excluding hydrogens is 414 g/mol. The van der Waals surface area contributed by atoms with Gasteiger partial charge in [-0.15, -0.1) is 0 Å². The first-order valence-electron chi connectivity index (χ1n) is 12.6. The van der Waals surface area contributed by atoms with Crippen LogP contribution in [-0.2, 0) is 24.9 Å². The van der Waals surface area contributed by atoms with E-state index in [9.17, 15) is 4.79 Å². The normalized spacial score (nSPS) is 37.1. The van der Waals surface area contributed by atoms with Crippen molar-refractivity contribution in [1.29, 1.82) is 0 Å². The summed E-state index contributed by atoms with van der Waals surface area (Å²) in [7, 11) is 0. The number of esters is 1. The van der Waals surface area contributed by atoms with E-state index in [1.807, 2.05) is 6.92 Å². The number of benzene rings is 2. The Bertz CT molecular complexity index is 1110. The second-order valence-electron chi connectivity index (χ2n) is 10.8. The van der Waals surface area contributed by atoms with Crippen molar-refractivity contribution >= 4 is 17.3 Å². The fraction of sp³-hybridized carbons (Fsp3) is 0.536. The van der Waals surface area contributed by atoms with Crippen LogP contribution in [0.25, 0.3) is 0 Å². The molecule has 6 aliphatic rings. The number of fused-ring (bicyclic) bond motifs is 4. The summed E-state index contributed by atoms with van der Waals surface area (Å²) in [5.74, 6) is 2.50. The molecule has 2 aliphatic heterocycles. The van der Waals surface area contributed by atoms with Gasteiger partial charge in [-0.25, -0.2) is 9.78 Å². The zero-order chi connectivity index (χ0) is 22.4. The summed E-state index contributed by atoms with van der Waals surface area (Å²) < 4.78 is 5.36. The number of hydrogen-bond acceptors (Lipinski definition) is 5. The third-order valence-electron chi connectivity index (χ3n) is 9.26. The maximum absolute atomic E-state index is 12.7. The minimum Gasteiger partial charge on any atom is -0.465 e. The minimum atomic E-state index is -0.626. The molecule has 0 radical (unpaired) electrons. The number of carbonyl (C=O) groups is 1. The molecule has 33 heavy (non-hydrogen) atoms. The average molecular weight is 446 g/mol. The summed E-state index contributed by atoms with van der Waals surface area (Å²) in [5, 5.41) is 0. The highest BCUT2D eigenvalue weighted by Crippen LogP contribution is 2.73. The number of ether oxygens (including phenoxy) is 1. The highest BCUT2D eigenvalue weighted by Gasteiger charge is 2.77. The quantitative estimate of drug-likeness (QED) is 0.467. The predicted molar refractivity (Wildman–Crippen MR) is 124 cm³/mol. The third kappa shape index (κ3) is 2.37. The molecule has 8 rings (SSSR count). The lowest BCUT2D eigenvalue weighted by molar-refractivity contribution is -0.583. The Morgan fingerprint density at radius 2 is 1.67 bits per heavy atom. The molecule has 0 N–H and O–H groups in total. The lowest BCUT2D eigenvalue weighted by atomic mass is 9.44. The van der Waals surface area contributed by atoms with Gasteiger partial charge in [0.2, 0.25) is 0 Å². The van der Waals surface area contributed by atoms with E-state index in [0.29, 0.717) is 18.4 Å². The molecule has 4 saturated carbocycles. The largest absolute Gasteiger partial charge is 0.465 e. The van der Waals surface area contributed by atoms with Gasteiger partial charge in [-0.05, 0) is 81.3 Å². The Morgan fingerprint density at radius 3 is 2.33 bits per heavy atom. The standard InChI is InChI=1S/C28H31NO4/c1-3-31-25(30)16-29-24-10-5-4-8-22(24)28(23-9-6-7-17(2)26(23)29)27(32-33-28)20-12-18-11-19(14-20)15-21(27)13-18/h4-10,18-21H,3,11-16H2,1-2H3. The molecular formula is C28H31NO4. The molecule has 4 bridgehead atoms. The summed E-state index contributed by atoms with van der Waals surface area (Å²) in [6, 6.07) is 14.9. The molecule has 0 amide bonds. The van der Waals surface area contributed by atoms with Crippen LogP contribution >= 0.6 is 0 Å². The number of aryl methyl sites for hydroxylation is 1. The van der Waals surface area contributed by atoms with Crippen molar-refractivity contribution < 1.29 is 19.3 Å². The molecule has 5 heteroatoms. The highest BCUT2D eigenvalue weighted by molar-refractivity contribution is 5.87. The van der Waals surface area contributed by atoms with E-state index in [0.717, 1.165) is 39.9 Å². The Balaban J connectivity index is 1.45. The summed E-state index contributed by atoms with van der Waals surface area (Å²) in [5.41, 5.74) is 4.56. The van der Waals surface area contributed by atoms with Crippen LogP contribution < -0.4 is 4.90 Å². The van der Waals surface area contributed by atoms with Crippen molar-refractivity contribution in [3.63, 3.8) is 0 Å². The highest BCUT2D eigenvalue weighted by atomic mass is 17.3. The van der Waals surface area contributed by atoms with Crippen molar-refractivity contribution in [3.05, 3.63) is 59.2 Å². The average Bonchev–Trinajstić information content (AvgIpc) is 2.78. The number of nitrogens with zero attached hydrogens (tertiary/aromatic N) is 1. The van der Waals surface area contributed by atoms with Gasteiger partial charge >= 0.3 is 5.97 Å². The number of rotatable bonds is 3. The van der Waals surface area contributed by atoms with Gasteiger partial charge in [0.05, 0.1) is 12.3 Å². The molecule has 1 atom stereocenters. The van der Waals surface area contributed by atoms with E-state index in [2.05, 4.69) is 54.3 Å². The van der Waals surface area contributed by atoms with Crippen molar-refractivity contribution in [2.24, 2.45) is 23.7 Å². The molecule has 0 aromatic heterocycles. The molecule has 5 fully saturated rings. The smallest absolute Gasteiger partial charge is 0.325 e. The van der Waals surface area contributed by atoms with Crippen LogP contribution in [-0.4, -0.2) is 24.7 Å². The maximum Gasteiger partial charge on any atom is 0.325 e. The van der Waals surface area contributed by atoms with Gasteiger partial charge in [0.15, 0.2) is 5.60 Å². The van der Waals surface area contributed by atoms with E-state index >= 15 is 0 Å². The second-order valence-corrected chi connectivity index (χ2v) is 10.8. The van der Waals surface area contributed by atoms with Crippen molar-refractivity contribution in [3.8, 4) is 0 Å². The minimum absolute atomic E-state index is 0.184. The van der Waals surface area contributed by atoms with Crippen LogP contribution in [0.1, 0.15) is 55.7 Å². The third-order valence-corrected chi connectivity index (χ3v) is 9.26. The molecule has 1 unspecified atom stereocenters. The fourth-order valence-electron chi connectivity index (χ4n) is 8.40. The Kier molecular flexibility index (Phi) is 4.15. The van der Waals surface area contributed by atoms with Crippen LogP contribution in [0.2, 0.25) is 0 Å². The fourth-order valence-corrected chi connectivity index (χ4v) is 8.40. The summed E-state index contributed by atoms with van der Waals surface area (Å²) in [4.78, 5) is 27.6. The summed E-state index contributed by atoms with van der Waals surface area (Å²) in [6.45, 7) is 4.54. The van der Waals surface area contributed by atoms with E-state index in [-0.39, 0.29) is 18.1 Å². The molecule has 2 aromatic carbocycles. The second kappa shape index (κ2) is 6.83. The lowest BCUT2D eigenvalue weighted by Crippen LogP contribution is -2.76. The van der Waals surface area contributed by atoms with Crippen LogP contribution in [0.3, 0.4) is 0 Å². The van der Waals surface area contributed by atoms with Gasteiger partial charge in [-0.2, -0.15) is 0 Å². The van der Waals surface area contributed by atoms with Crippen LogP contribution in [0.5, 0.6) is 0 Å². The van der Waals surface area contributed by atoms with E-state index in [4.69, 9.17) is 14.5 Å². The summed E-state index contributed by atoms with van der Waals surface area (Å²) in [6.07, 6.45) is 6.38. The Morgan fingerprint density at radius 1 is 0.970 bits per heavy atom. The first-order chi connectivity index (χ1) is 16.1. The molecule has 5 nitrogen and oxygen atoms in total. The maximum atomic E-state index is 12.7. The molecule has 4 aliphatic carbocycles. The number of para-hydroxylation sites is 2. The number of anilines is 2. The molecule has 2 heterocycles. The van der Waals surface area contributed by atoms with Gasteiger partial charge in [0, 0.05) is 16.8 Å². The molecule has 1 saturated heterocycles. The zero-order valence-corrected chi connectivity index (χ0v) is 19.4. The van der Waals surface area contributed by atoms with E-state index < -0.39 is 5.60 Å². The monoisotopic (exact) mass is 445 g/mol. The lowest BCUT2D eigenvalue weighted by Gasteiger charge is -2.71. The van der Waals surface area contributed by atoms with Crippen LogP contribution in [0, 0.1) is 30.6 Å². The predicted octanol–water partition coefficient (Wildman–Crippen LogP) is 5.41. The van der Waals surface area contributed by atoms with Gasteiger partial charge in [-0.3, -0.25) is 4.79 Å². The Labute approximate surface area is 194 Å². The van der Waals surface area contributed by atoms with Crippen molar-refractivity contribution in [1.82, 2.24) is 0 Å². The van der Waals surface area contributed by atoms with E-state index in [1.54, 1.807) is 0 Å². The first-order valence-corrected chi connectivity index (χ1v) is 12.6. The van der Waals surface area contributed by atoms with Crippen LogP contribution in [0.4, 0.5) is 11.4 Å². The van der Waals surface area contributed by atoms with Gasteiger partial charge in [0.1, 0.15) is 12.1 Å². The van der Waals surface area contributed by atoms with Gasteiger partial charge in [-0.1, -0.05) is 36.4 Å². The molecule has 172 valence electrons. The molecule has 2 spiro atoms. The van der Waals surface area contributed by atoms with Crippen molar-refractivity contribution in [2.75, 3.05) is 18.1 Å². The SMILES string of the molecule is CCOC(=O)CN1c2ccccc2C2(OOC23C2CC4CC(C2)CC3C4)c2cccc(C)c21. The Hall–Kier alpha value is -2.37. The van der Waals surface area contributed by atoms with Gasteiger partial charge in [0.25, 0.3) is 0 Å². The van der Waals surface area contributed by atoms with Crippen LogP contribution in [0.15, 0.2) is 42.5 Å². The van der Waals surface area contributed by atoms with Gasteiger partial charge < -0.3 is 9.64 Å². The summed E-state index contributed by atoms with van der Waals surface area (Å²) >= 11 is 0. The van der Waals surface area contributed by atoms with E-state index in [1.165, 1.54) is 32.1 Å². The molecule has 2 aromatic rings. The number of hydrogen-bond donors (Lipinski definition) is 0. The topological polar surface area (TPSA) is 48.0 Å². The number of carbonyl (C=O) groups excluding carboxylic acids is 1. The van der Waals surface area contributed by atoms with Crippen molar-refractivity contribution in [2.45, 2.75) is 57.2 Å².